The van der Waals surface area contributed by atoms with Gasteiger partial charge in [0.2, 0.25) is 5.91 Å². The number of fused-ring (bicyclic) bond motifs is 1. The Morgan fingerprint density at radius 2 is 1.89 bits per heavy atom. The summed E-state index contributed by atoms with van der Waals surface area (Å²) in [6, 6.07) is -0.242. The largest absolute Gasteiger partial charge is 0.467 e. The number of nitrogens with zero attached hydrogens (tertiary/aromatic N) is 1. The van der Waals surface area contributed by atoms with E-state index in [9.17, 15) is 9.59 Å². The van der Waals surface area contributed by atoms with E-state index in [1.165, 1.54) is 13.5 Å². The van der Waals surface area contributed by atoms with Crippen LogP contribution in [0.1, 0.15) is 62.1 Å². The second kappa shape index (κ2) is 12.9. The molecule has 0 bridgehead atoms. The maximum atomic E-state index is 12.8. The summed E-state index contributed by atoms with van der Waals surface area (Å²) in [7, 11) is 1.35. The number of carbonyl (C=O) groups is 3. The van der Waals surface area contributed by atoms with Gasteiger partial charge in [-0.15, -0.1) is 6.58 Å². The van der Waals surface area contributed by atoms with E-state index >= 15 is 0 Å². The minimum Gasteiger partial charge on any atom is -0.467 e. The lowest BCUT2D eigenvalue weighted by molar-refractivity contribution is -0.278. The third-order valence-electron chi connectivity index (χ3n) is 7.75. The molecule has 1 amide bonds. The highest BCUT2D eigenvalue weighted by atomic mass is 17.1. The van der Waals surface area contributed by atoms with Crippen molar-refractivity contribution in [1.82, 2.24) is 10.2 Å². The zero-order chi connectivity index (χ0) is 25.7. The molecular weight excluding hydrogens is 454 g/mol. The van der Waals surface area contributed by atoms with Crippen molar-refractivity contribution in [1.29, 1.82) is 0 Å². The zero-order valence-electron chi connectivity index (χ0n) is 21.6. The molecule has 3 saturated carbocycles. The number of carbonyl (C=O) groups excluding carboxylic acids is 3. The number of likely N-dealkylation sites (tertiary alicyclic amines) is 1. The molecule has 0 spiro atoms. The van der Waals surface area contributed by atoms with Gasteiger partial charge in [-0.1, -0.05) is 26.8 Å². The van der Waals surface area contributed by atoms with Crippen LogP contribution in [0.3, 0.4) is 0 Å². The van der Waals surface area contributed by atoms with Gasteiger partial charge in [0.25, 0.3) is 0 Å². The van der Waals surface area contributed by atoms with Crippen LogP contribution in [0.4, 0.5) is 0 Å². The number of nitrogens with one attached hydrogen (secondary N) is 1. The van der Waals surface area contributed by atoms with E-state index in [-0.39, 0.29) is 43.8 Å². The first-order valence-electron chi connectivity index (χ1n) is 12.2. The fourth-order valence-electron chi connectivity index (χ4n) is 5.10. The van der Waals surface area contributed by atoms with Gasteiger partial charge in [-0.05, 0) is 62.3 Å². The molecule has 0 aromatic carbocycles. The molecule has 1 aliphatic heterocycles. The summed E-state index contributed by atoms with van der Waals surface area (Å²) in [5.74, 6) is 1.26. The molecule has 4 rings (SSSR count). The summed E-state index contributed by atoms with van der Waals surface area (Å²) in [6.45, 7) is 13.6. The summed E-state index contributed by atoms with van der Waals surface area (Å²) < 4.78 is 4.87. The van der Waals surface area contributed by atoms with E-state index in [4.69, 9.17) is 20.5 Å². The van der Waals surface area contributed by atoms with Crippen molar-refractivity contribution in [3.63, 3.8) is 0 Å². The highest BCUT2D eigenvalue weighted by Gasteiger charge is 2.61. The lowest BCUT2D eigenvalue weighted by Gasteiger charge is -2.33. The molecule has 0 aromatic heterocycles. The van der Waals surface area contributed by atoms with Crippen molar-refractivity contribution in [3.8, 4) is 0 Å². The Hall–Kier alpha value is -1.85. The molecule has 10 heteroatoms. The van der Waals surface area contributed by atoms with Crippen LogP contribution in [0.15, 0.2) is 12.7 Å². The van der Waals surface area contributed by atoms with Gasteiger partial charge in [0, 0.05) is 21.4 Å². The van der Waals surface area contributed by atoms with Crippen LogP contribution in [0.25, 0.3) is 0 Å². The molecule has 35 heavy (non-hydrogen) atoms. The quantitative estimate of drug-likeness (QED) is 0.205. The maximum Gasteiger partial charge on any atom is 0.332 e. The van der Waals surface area contributed by atoms with Gasteiger partial charge in [0.15, 0.2) is 0 Å². The highest BCUT2D eigenvalue weighted by molar-refractivity contribution is 5.93. The Kier molecular flexibility index (Phi) is 11.5. The molecule has 4 aliphatic rings. The van der Waals surface area contributed by atoms with Crippen LogP contribution in [-0.2, 0) is 24.0 Å². The number of amides is 1. The van der Waals surface area contributed by atoms with E-state index in [1.807, 2.05) is 6.79 Å². The Balaban J connectivity index is 0. The molecule has 0 aromatic rings. The number of ether oxygens (including phenoxy) is 1. The van der Waals surface area contributed by atoms with Gasteiger partial charge in [-0.2, -0.15) is 0 Å². The van der Waals surface area contributed by atoms with Gasteiger partial charge in [0.1, 0.15) is 12.3 Å². The van der Waals surface area contributed by atoms with Crippen molar-refractivity contribution in [2.75, 3.05) is 20.2 Å². The van der Waals surface area contributed by atoms with E-state index in [2.05, 4.69) is 42.5 Å². The number of nitrogens with two attached hydrogens (primary N) is 1. The molecule has 3 aliphatic carbocycles. The van der Waals surface area contributed by atoms with Gasteiger partial charge in [-0.25, -0.2) is 9.68 Å². The third kappa shape index (κ3) is 7.57. The summed E-state index contributed by atoms with van der Waals surface area (Å²) in [5.41, 5.74) is 5.35. The number of rotatable bonds is 7. The fraction of sp³-hybridized carbons (Fsp3) is 0.800. The lowest BCUT2D eigenvalue weighted by atomic mass is 9.87. The number of hydrogen-bond acceptors (Lipinski definition) is 8. The van der Waals surface area contributed by atoms with Crippen LogP contribution < -0.4 is 11.1 Å². The smallest absolute Gasteiger partial charge is 0.332 e. The first-order chi connectivity index (χ1) is 16.1. The second-order valence-corrected chi connectivity index (χ2v) is 11.1. The fourth-order valence-corrected chi connectivity index (χ4v) is 5.10. The minimum absolute atomic E-state index is 0. The van der Waals surface area contributed by atoms with Crippen molar-refractivity contribution >= 4 is 18.7 Å². The van der Waals surface area contributed by atoms with Gasteiger partial charge < -0.3 is 26.1 Å². The summed E-state index contributed by atoms with van der Waals surface area (Å²) in [5, 5.41) is 11.1. The second-order valence-electron chi connectivity index (χ2n) is 11.1. The molecular formula is C25H49N3O7. The number of hydrogen-bond donors (Lipinski definition) is 3. The third-order valence-corrected chi connectivity index (χ3v) is 7.75. The normalized spacial score (nSPS) is 33.4. The molecule has 1 saturated heterocycles. The van der Waals surface area contributed by atoms with Crippen LogP contribution in [0.2, 0.25) is 0 Å². The van der Waals surface area contributed by atoms with E-state index in [0.29, 0.717) is 13.0 Å². The number of methoxy groups -OCH3 is 1. The molecule has 206 valence electrons. The van der Waals surface area contributed by atoms with Gasteiger partial charge in [0.05, 0.1) is 19.3 Å². The summed E-state index contributed by atoms with van der Waals surface area (Å²) in [6.07, 6.45) is 7.78. The van der Waals surface area contributed by atoms with Gasteiger partial charge >= 0.3 is 5.97 Å². The first-order valence-corrected chi connectivity index (χ1v) is 12.2. The Labute approximate surface area is 211 Å². The lowest BCUT2D eigenvalue weighted by Crippen LogP contribution is -2.54. The van der Waals surface area contributed by atoms with Crippen LogP contribution in [0, 0.1) is 23.2 Å². The number of esters is 1. The van der Waals surface area contributed by atoms with Crippen molar-refractivity contribution in [2.24, 2.45) is 28.9 Å². The predicted molar refractivity (Wildman–Crippen MR) is 137 cm³/mol. The topological polar surface area (TPSA) is 163 Å². The van der Waals surface area contributed by atoms with Crippen molar-refractivity contribution in [2.45, 2.75) is 83.0 Å². The van der Waals surface area contributed by atoms with Crippen molar-refractivity contribution < 1.29 is 37.6 Å². The molecule has 7 atom stereocenters. The highest BCUT2D eigenvalue weighted by Crippen LogP contribution is 2.52. The molecule has 0 radical (unpaired) electrons. The molecule has 3 unspecified atom stereocenters. The van der Waals surface area contributed by atoms with E-state index in [0.717, 1.165) is 44.1 Å². The molecule has 10 nitrogen and oxygen atoms in total. The molecule has 6 N–H and O–H groups in total. The van der Waals surface area contributed by atoms with Crippen molar-refractivity contribution in [3.05, 3.63) is 12.7 Å². The summed E-state index contributed by atoms with van der Waals surface area (Å²) >= 11 is 0. The van der Waals surface area contributed by atoms with E-state index in [1.54, 1.807) is 6.08 Å². The van der Waals surface area contributed by atoms with Crippen LogP contribution in [-0.4, -0.2) is 78.2 Å². The first kappa shape index (κ1) is 31.2. The maximum absolute atomic E-state index is 12.8. The minimum atomic E-state index is -0.923. The Morgan fingerprint density at radius 3 is 2.31 bits per heavy atom. The summed E-state index contributed by atoms with van der Waals surface area (Å²) in [4.78, 5) is 39.2. The predicted octanol–water partition coefficient (Wildman–Crippen LogP) is 1.82. The molecule has 1 heterocycles. The standard InChI is InChI=1S/C18H31N3O3.C6H10O2.CH2O.H2O.2H2/c1-6-12-10-18(12,16(23)24-5)20-15(22)13-8-7-9-21(13)11-14(19)17(2,3)4;7-8-6-2-4-1-5(4)3-6;1-2;;;/h6,12-14H,1,7-11,19H2,2-5H3,(H,20,22);4-7H,1-3H2;1H2;1H2;2*1H/t12-,13+,14-,18?;4-,5?,6?;;;;/m11..../s1. The van der Waals surface area contributed by atoms with Gasteiger partial charge in [-0.3, -0.25) is 15.0 Å². The van der Waals surface area contributed by atoms with Crippen LogP contribution >= 0.6 is 0 Å². The monoisotopic (exact) mass is 503 g/mol. The SMILES string of the molecule is C=C[C@@H]1CC1(NC(=O)[C@@H]1CCCN1C[C@@H](N)C(C)(C)C)C(=O)OC.C=O.O.OOC1CC2C[C@@H]2C1.[HH].[HH]. The zero-order valence-corrected chi connectivity index (χ0v) is 21.6. The average molecular weight is 504 g/mol. The Bertz CT molecular complexity index is 730. The average Bonchev–Trinajstić information content (AvgIpc) is 3.61. The van der Waals surface area contributed by atoms with E-state index < -0.39 is 11.5 Å². The van der Waals surface area contributed by atoms with Crippen LogP contribution in [0.5, 0.6) is 0 Å². The molecule has 4 fully saturated rings. The Morgan fingerprint density at radius 1 is 1.29 bits per heavy atom.